The Hall–Kier alpha value is -2.79. The first-order valence-electron chi connectivity index (χ1n) is 12.7. The summed E-state index contributed by atoms with van der Waals surface area (Å²) in [5, 5.41) is 0. The molecule has 0 N–H and O–H groups in total. The third-order valence-corrected chi connectivity index (χ3v) is 7.08. The number of rotatable bonds is 6. The third kappa shape index (κ3) is 5.15. The van der Waals surface area contributed by atoms with Crippen molar-refractivity contribution in [3.63, 3.8) is 0 Å². The molecule has 0 fully saturated rings. The van der Waals surface area contributed by atoms with Crippen LogP contribution in [0.15, 0.2) is 36.9 Å². The molecule has 180 valence electrons. The zero-order chi connectivity index (χ0) is 23.3. The molecule has 0 bridgehead atoms. The van der Waals surface area contributed by atoms with Crippen molar-refractivity contribution in [2.45, 2.75) is 63.9 Å². The van der Waals surface area contributed by atoms with Gasteiger partial charge in [0.05, 0.1) is 13.2 Å². The molecule has 0 aromatic heterocycles. The minimum atomic E-state index is -0.408. The molecule has 2 aromatic carbocycles. The summed E-state index contributed by atoms with van der Waals surface area (Å²) in [5.41, 5.74) is 7.98. The fourth-order valence-electron chi connectivity index (χ4n) is 5.24. The maximum absolute atomic E-state index is 11.2. The standard InChI is InChI=1S/C29H34O5/c1-2-29(30)32-13-7-12-31-24-18-33-27-16-22-10-5-3-8-20(22)14-25(27)26-15-21-9-4-6-11-23(21)17-28(26)34-19-24/h2,14-17,24H,1,3-13,18-19H2. The van der Waals surface area contributed by atoms with Gasteiger partial charge in [0.2, 0.25) is 0 Å². The normalized spacial score (nSPS) is 17.3. The molecule has 34 heavy (non-hydrogen) atoms. The molecule has 2 aromatic rings. The minimum absolute atomic E-state index is 0.207. The van der Waals surface area contributed by atoms with Crippen LogP contribution in [0.1, 0.15) is 54.4 Å². The molecule has 0 saturated heterocycles. The van der Waals surface area contributed by atoms with E-state index in [-0.39, 0.29) is 6.10 Å². The lowest BCUT2D eigenvalue weighted by Gasteiger charge is -2.22. The van der Waals surface area contributed by atoms with E-state index in [0.29, 0.717) is 32.8 Å². The van der Waals surface area contributed by atoms with Gasteiger partial charge in [-0.3, -0.25) is 0 Å². The summed E-state index contributed by atoms with van der Waals surface area (Å²) in [5.74, 6) is 1.45. The van der Waals surface area contributed by atoms with Gasteiger partial charge < -0.3 is 18.9 Å². The van der Waals surface area contributed by atoms with Crippen molar-refractivity contribution in [1.29, 1.82) is 0 Å². The van der Waals surface area contributed by atoms with Crippen LogP contribution >= 0.6 is 0 Å². The molecule has 0 saturated carbocycles. The van der Waals surface area contributed by atoms with Crippen molar-refractivity contribution in [2.24, 2.45) is 0 Å². The molecule has 0 radical (unpaired) electrons. The molecule has 0 amide bonds. The number of ether oxygens (including phenoxy) is 4. The molecule has 1 heterocycles. The first-order valence-corrected chi connectivity index (χ1v) is 12.7. The molecule has 5 nitrogen and oxygen atoms in total. The average molecular weight is 463 g/mol. The number of benzene rings is 2. The molecule has 0 unspecified atom stereocenters. The SMILES string of the molecule is C=CC(=O)OCCCOC1COc2cc3c(cc2-c2cc4c(cc2OC1)CCCC4)CCCC3. The van der Waals surface area contributed by atoms with Crippen LogP contribution in [0.2, 0.25) is 0 Å². The summed E-state index contributed by atoms with van der Waals surface area (Å²) >= 11 is 0. The Morgan fingerprint density at radius 3 is 1.82 bits per heavy atom. The maximum Gasteiger partial charge on any atom is 0.330 e. The summed E-state index contributed by atoms with van der Waals surface area (Å²) in [6.45, 7) is 5.03. The lowest BCUT2D eigenvalue weighted by Crippen LogP contribution is -2.29. The predicted octanol–water partition coefficient (Wildman–Crippen LogP) is 5.39. The largest absolute Gasteiger partial charge is 0.490 e. The minimum Gasteiger partial charge on any atom is -0.490 e. The van der Waals surface area contributed by atoms with Gasteiger partial charge in [-0.1, -0.05) is 6.58 Å². The lowest BCUT2D eigenvalue weighted by atomic mass is 9.85. The van der Waals surface area contributed by atoms with E-state index in [0.717, 1.165) is 48.3 Å². The van der Waals surface area contributed by atoms with Gasteiger partial charge in [-0.25, -0.2) is 4.79 Å². The second-order valence-corrected chi connectivity index (χ2v) is 9.49. The van der Waals surface area contributed by atoms with Crippen molar-refractivity contribution >= 4 is 5.97 Å². The highest BCUT2D eigenvalue weighted by atomic mass is 16.6. The van der Waals surface area contributed by atoms with E-state index in [1.54, 1.807) is 0 Å². The number of esters is 1. The lowest BCUT2D eigenvalue weighted by molar-refractivity contribution is -0.138. The van der Waals surface area contributed by atoms with E-state index >= 15 is 0 Å². The zero-order valence-corrected chi connectivity index (χ0v) is 19.9. The Kier molecular flexibility index (Phi) is 7.19. The summed E-state index contributed by atoms with van der Waals surface area (Å²) in [6.07, 6.45) is 11.0. The number of carbonyl (C=O) groups is 1. The van der Waals surface area contributed by atoms with Gasteiger partial charge in [0.15, 0.2) is 0 Å². The quantitative estimate of drug-likeness (QED) is 0.327. The van der Waals surface area contributed by atoms with Gasteiger partial charge >= 0.3 is 5.97 Å². The topological polar surface area (TPSA) is 54.0 Å². The number of carbonyl (C=O) groups excluding carboxylic acids is 1. The Bertz CT molecular complexity index is 987. The first-order chi connectivity index (χ1) is 16.7. The highest BCUT2D eigenvalue weighted by molar-refractivity contribution is 5.81. The van der Waals surface area contributed by atoms with E-state index in [2.05, 4.69) is 30.8 Å². The molecule has 5 rings (SSSR count). The van der Waals surface area contributed by atoms with Crippen LogP contribution in [-0.2, 0) is 40.0 Å². The van der Waals surface area contributed by atoms with Crippen LogP contribution in [0.25, 0.3) is 11.1 Å². The number of hydrogen-bond acceptors (Lipinski definition) is 5. The van der Waals surface area contributed by atoms with Crippen molar-refractivity contribution in [3.05, 3.63) is 59.2 Å². The van der Waals surface area contributed by atoms with Gasteiger partial charge in [-0.05, 0) is 97.9 Å². The number of aryl methyl sites for hydroxylation is 4. The smallest absolute Gasteiger partial charge is 0.330 e. The van der Waals surface area contributed by atoms with Crippen LogP contribution < -0.4 is 9.47 Å². The van der Waals surface area contributed by atoms with Crippen LogP contribution in [0.5, 0.6) is 11.5 Å². The Balaban J connectivity index is 1.40. The fourth-order valence-corrected chi connectivity index (χ4v) is 5.24. The Labute approximate surface area is 202 Å². The second kappa shape index (κ2) is 10.6. The third-order valence-electron chi connectivity index (χ3n) is 7.08. The van der Waals surface area contributed by atoms with Gasteiger partial charge in [-0.15, -0.1) is 0 Å². The number of hydrogen-bond donors (Lipinski definition) is 0. The van der Waals surface area contributed by atoms with E-state index < -0.39 is 5.97 Å². The predicted molar refractivity (Wildman–Crippen MR) is 132 cm³/mol. The molecule has 2 aliphatic carbocycles. The zero-order valence-electron chi connectivity index (χ0n) is 19.9. The first kappa shape index (κ1) is 23.0. The Morgan fingerprint density at radius 1 is 0.824 bits per heavy atom. The van der Waals surface area contributed by atoms with Crippen molar-refractivity contribution in [1.82, 2.24) is 0 Å². The van der Waals surface area contributed by atoms with E-state index in [4.69, 9.17) is 18.9 Å². The summed E-state index contributed by atoms with van der Waals surface area (Å²) in [4.78, 5) is 11.2. The van der Waals surface area contributed by atoms with Crippen molar-refractivity contribution in [3.8, 4) is 22.6 Å². The summed E-state index contributed by atoms with van der Waals surface area (Å²) in [6, 6.07) is 9.20. The molecule has 5 heteroatoms. The highest BCUT2D eigenvalue weighted by Gasteiger charge is 2.24. The van der Waals surface area contributed by atoms with E-state index in [9.17, 15) is 4.79 Å². The van der Waals surface area contributed by atoms with Gasteiger partial charge in [0, 0.05) is 23.6 Å². The molecule has 0 atom stereocenters. The molecule has 3 aliphatic rings. The van der Waals surface area contributed by atoms with E-state index in [1.165, 1.54) is 54.0 Å². The van der Waals surface area contributed by atoms with E-state index in [1.807, 2.05) is 0 Å². The molecular formula is C29H34O5. The van der Waals surface area contributed by atoms with Crippen LogP contribution in [-0.4, -0.2) is 38.5 Å². The fraction of sp³-hybridized carbons (Fsp3) is 0.483. The van der Waals surface area contributed by atoms with Crippen LogP contribution in [0, 0.1) is 0 Å². The summed E-state index contributed by atoms with van der Waals surface area (Å²) < 4.78 is 23.9. The highest BCUT2D eigenvalue weighted by Crippen LogP contribution is 2.43. The van der Waals surface area contributed by atoms with Gasteiger partial charge in [0.1, 0.15) is 30.8 Å². The molecule has 1 aliphatic heterocycles. The van der Waals surface area contributed by atoms with Crippen molar-refractivity contribution in [2.75, 3.05) is 26.4 Å². The average Bonchev–Trinajstić information content (AvgIpc) is 2.94. The second-order valence-electron chi connectivity index (χ2n) is 9.49. The molecule has 0 spiro atoms. The number of fused-ring (bicyclic) bond motifs is 5. The monoisotopic (exact) mass is 462 g/mol. The van der Waals surface area contributed by atoms with Crippen LogP contribution in [0.4, 0.5) is 0 Å². The van der Waals surface area contributed by atoms with Gasteiger partial charge in [0.25, 0.3) is 0 Å². The van der Waals surface area contributed by atoms with Gasteiger partial charge in [-0.2, -0.15) is 0 Å². The molecular weight excluding hydrogens is 428 g/mol. The maximum atomic E-state index is 11.2. The van der Waals surface area contributed by atoms with Crippen LogP contribution in [0.3, 0.4) is 0 Å². The van der Waals surface area contributed by atoms with Crippen molar-refractivity contribution < 1.29 is 23.7 Å². The summed E-state index contributed by atoms with van der Waals surface area (Å²) in [7, 11) is 0. The Morgan fingerprint density at radius 2 is 1.32 bits per heavy atom.